The second-order valence-electron chi connectivity index (χ2n) is 3.79. The van der Waals surface area contributed by atoms with Crippen LogP contribution in [0.25, 0.3) is 0 Å². The first kappa shape index (κ1) is 12.4. The SMILES string of the molecule is COC(=O)C1CCC(S(=O)(=O)CO)CC1. The Labute approximate surface area is 89.3 Å². The lowest BCUT2D eigenvalue weighted by Gasteiger charge is -2.25. The molecule has 0 aliphatic heterocycles. The van der Waals surface area contributed by atoms with Gasteiger partial charge in [0.1, 0.15) is 5.94 Å². The molecule has 1 rings (SSSR count). The fraction of sp³-hybridized carbons (Fsp3) is 0.889. The molecule has 0 bridgehead atoms. The van der Waals surface area contributed by atoms with E-state index in [9.17, 15) is 13.2 Å². The molecule has 5 nitrogen and oxygen atoms in total. The summed E-state index contributed by atoms with van der Waals surface area (Å²) in [6, 6.07) is 0. The third-order valence-electron chi connectivity index (χ3n) is 2.90. The second-order valence-corrected chi connectivity index (χ2v) is 6.04. The summed E-state index contributed by atoms with van der Waals surface area (Å²) in [7, 11) is -2.04. The number of esters is 1. The Morgan fingerprint density at radius 3 is 2.27 bits per heavy atom. The fourth-order valence-corrected chi connectivity index (χ4v) is 3.13. The number of hydrogen-bond donors (Lipinski definition) is 1. The van der Waals surface area contributed by atoms with Crippen molar-refractivity contribution < 1.29 is 23.1 Å². The van der Waals surface area contributed by atoms with Crippen LogP contribution in [-0.4, -0.2) is 37.8 Å². The number of carbonyl (C=O) groups excluding carboxylic acids is 1. The average Bonchev–Trinajstić information content (AvgIpc) is 2.28. The lowest BCUT2D eigenvalue weighted by molar-refractivity contribution is -0.146. The second kappa shape index (κ2) is 4.94. The highest BCUT2D eigenvalue weighted by atomic mass is 32.2. The first-order valence-corrected chi connectivity index (χ1v) is 6.63. The van der Waals surface area contributed by atoms with Crippen molar-refractivity contribution in [1.82, 2.24) is 0 Å². The van der Waals surface area contributed by atoms with Crippen LogP contribution in [0.2, 0.25) is 0 Å². The van der Waals surface area contributed by atoms with E-state index >= 15 is 0 Å². The first-order chi connectivity index (χ1) is 7.01. The summed E-state index contributed by atoms with van der Waals surface area (Å²) in [5, 5.41) is 8.19. The minimum absolute atomic E-state index is 0.180. The standard InChI is InChI=1S/C9H16O5S/c1-14-9(11)7-2-4-8(5-3-7)15(12,13)6-10/h7-8,10H,2-6H2,1H3. The van der Waals surface area contributed by atoms with Crippen molar-refractivity contribution in [2.75, 3.05) is 13.0 Å². The molecule has 1 saturated carbocycles. The van der Waals surface area contributed by atoms with Gasteiger partial charge in [-0.3, -0.25) is 4.79 Å². The maximum absolute atomic E-state index is 11.3. The van der Waals surface area contributed by atoms with Crippen LogP contribution in [0.3, 0.4) is 0 Å². The number of aliphatic hydroxyl groups excluding tert-OH is 1. The number of sulfone groups is 1. The monoisotopic (exact) mass is 236 g/mol. The molecule has 0 spiro atoms. The molecule has 0 atom stereocenters. The van der Waals surface area contributed by atoms with Crippen molar-refractivity contribution >= 4 is 15.8 Å². The maximum atomic E-state index is 11.3. The van der Waals surface area contributed by atoms with E-state index in [0.717, 1.165) is 0 Å². The van der Waals surface area contributed by atoms with E-state index in [-0.39, 0.29) is 11.9 Å². The third kappa shape index (κ3) is 2.92. The molecule has 6 heteroatoms. The zero-order valence-corrected chi connectivity index (χ0v) is 9.50. The predicted molar refractivity (Wildman–Crippen MR) is 53.8 cm³/mol. The lowest BCUT2D eigenvalue weighted by atomic mass is 9.89. The Morgan fingerprint density at radius 2 is 1.87 bits per heavy atom. The van der Waals surface area contributed by atoms with Crippen LogP contribution in [0.15, 0.2) is 0 Å². The van der Waals surface area contributed by atoms with Crippen LogP contribution in [0, 0.1) is 5.92 Å². The maximum Gasteiger partial charge on any atom is 0.308 e. The van der Waals surface area contributed by atoms with Crippen molar-refractivity contribution in [3.05, 3.63) is 0 Å². The van der Waals surface area contributed by atoms with E-state index in [1.165, 1.54) is 7.11 Å². The van der Waals surface area contributed by atoms with Gasteiger partial charge in [0.25, 0.3) is 0 Å². The summed E-state index contributed by atoms with van der Waals surface area (Å²) >= 11 is 0. The first-order valence-electron chi connectivity index (χ1n) is 4.91. The third-order valence-corrected chi connectivity index (χ3v) is 4.74. The van der Waals surface area contributed by atoms with Gasteiger partial charge in [0.15, 0.2) is 9.84 Å². The fourth-order valence-electron chi connectivity index (χ4n) is 1.93. The average molecular weight is 236 g/mol. The van der Waals surface area contributed by atoms with Gasteiger partial charge in [0.2, 0.25) is 0 Å². The molecule has 0 aromatic rings. The van der Waals surface area contributed by atoms with Gasteiger partial charge >= 0.3 is 5.97 Å². The molecule has 1 aliphatic rings. The summed E-state index contributed by atoms with van der Waals surface area (Å²) < 4.78 is 27.3. The molecule has 1 aliphatic carbocycles. The van der Waals surface area contributed by atoms with Crippen molar-refractivity contribution in [1.29, 1.82) is 0 Å². The van der Waals surface area contributed by atoms with Crippen molar-refractivity contribution in [3.8, 4) is 0 Å². The zero-order chi connectivity index (χ0) is 11.5. The van der Waals surface area contributed by atoms with Gasteiger partial charge < -0.3 is 9.84 Å². The molecule has 0 amide bonds. The van der Waals surface area contributed by atoms with Crippen LogP contribution in [0.1, 0.15) is 25.7 Å². The largest absolute Gasteiger partial charge is 0.469 e. The summed E-state index contributed by atoms with van der Waals surface area (Å²) in [6.45, 7) is 0. The van der Waals surface area contributed by atoms with Gasteiger partial charge in [-0.1, -0.05) is 0 Å². The van der Waals surface area contributed by atoms with E-state index in [0.29, 0.717) is 25.7 Å². The Balaban J connectivity index is 2.53. The van der Waals surface area contributed by atoms with E-state index < -0.39 is 21.0 Å². The molecule has 0 unspecified atom stereocenters. The summed E-state index contributed by atoms with van der Waals surface area (Å²) in [4.78, 5) is 11.2. The van der Waals surface area contributed by atoms with Gasteiger partial charge in [-0.25, -0.2) is 8.42 Å². The van der Waals surface area contributed by atoms with Gasteiger partial charge in [-0.05, 0) is 25.7 Å². The quantitative estimate of drug-likeness (QED) is 0.702. The number of hydrogen-bond acceptors (Lipinski definition) is 5. The molecule has 0 aromatic heterocycles. The van der Waals surface area contributed by atoms with Gasteiger partial charge in [0.05, 0.1) is 18.3 Å². The number of aliphatic hydroxyl groups is 1. The van der Waals surface area contributed by atoms with Crippen LogP contribution in [0.4, 0.5) is 0 Å². The minimum Gasteiger partial charge on any atom is -0.469 e. The molecule has 1 N–H and O–H groups in total. The molecular weight excluding hydrogens is 220 g/mol. The van der Waals surface area contributed by atoms with E-state index in [1.54, 1.807) is 0 Å². The zero-order valence-electron chi connectivity index (χ0n) is 8.68. The number of carbonyl (C=O) groups is 1. The van der Waals surface area contributed by atoms with Crippen molar-refractivity contribution in [2.24, 2.45) is 5.92 Å². The molecule has 0 radical (unpaired) electrons. The van der Waals surface area contributed by atoms with E-state index in [2.05, 4.69) is 4.74 Å². The van der Waals surface area contributed by atoms with Crippen LogP contribution < -0.4 is 0 Å². The topological polar surface area (TPSA) is 80.7 Å². The van der Waals surface area contributed by atoms with E-state index in [1.807, 2.05) is 0 Å². The number of ether oxygens (including phenoxy) is 1. The molecule has 0 heterocycles. The molecule has 0 saturated heterocycles. The molecule has 1 fully saturated rings. The lowest BCUT2D eigenvalue weighted by Crippen LogP contribution is -2.31. The van der Waals surface area contributed by atoms with Crippen LogP contribution >= 0.6 is 0 Å². The van der Waals surface area contributed by atoms with Crippen molar-refractivity contribution in [2.45, 2.75) is 30.9 Å². The predicted octanol–water partition coefficient (Wildman–Crippen LogP) is 0.0828. The minimum atomic E-state index is -3.37. The highest BCUT2D eigenvalue weighted by molar-refractivity contribution is 7.91. The summed E-state index contributed by atoms with van der Waals surface area (Å²) in [5.74, 6) is -1.25. The molecule has 0 aromatic carbocycles. The Hall–Kier alpha value is -0.620. The molecule has 15 heavy (non-hydrogen) atoms. The summed E-state index contributed by atoms with van der Waals surface area (Å²) in [5.41, 5.74) is 0. The van der Waals surface area contributed by atoms with E-state index in [4.69, 9.17) is 5.11 Å². The highest BCUT2D eigenvalue weighted by Crippen LogP contribution is 2.29. The Kier molecular flexibility index (Phi) is 4.10. The number of methoxy groups -OCH3 is 1. The number of rotatable bonds is 3. The molecule has 88 valence electrons. The smallest absolute Gasteiger partial charge is 0.308 e. The van der Waals surface area contributed by atoms with Crippen molar-refractivity contribution in [3.63, 3.8) is 0 Å². The van der Waals surface area contributed by atoms with Gasteiger partial charge in [0, 0.05) is 0 Å². The van der Waals surface area contributed by atoms with Crippen LogP contribution in [0.5, 0.6) is 0 Å². The van der Waals surface area contributed by atoms with Crippen LogP contribution in [-0.2, 0) is 19.4 Å². The molecular formula is C9H16O5S. The highest BCUT2D eigenvalue weighted by Gasteiger charge is 2.33. The Bertz CT molecular complexity index is 313. The normalized spacial score (nSPS) is 27.3. The van der Waals surface area contributed by atoms with Gasteiger partial charge in [-0.2, -0.15) is 0 Å². The summed E-state index contributed by atoms with van der Waals surface area (Å²) in [6.07, 6.45) is 1.92. The Morgan fingerprint density at radius 1 is 1.33 bits per heavy atom. The van der Waals surface area contributed by atoms with Gasteiger partial charge in [-0.15, -0.1) is 0 Å².